The number of carbonyl (C=O) groups is 2. The average molecular weight is 546 g/mol. The second kappa shape index (κ2) is 14.3. The lowest BCUT2D eigenvalue weighted by Gasteiger charge is -2.36. The zero-order valence-corrected chi connectivity index (χ0v) is 23.7. The van der Waals surface area contributed by atoms with Gasteiger partial charge in [0.05, 0.1) is 27.4 Å². The first-order chi connectivity index (χ1) is 19.5. The van der Waals surface area contributed by atoms with Gasteiger partial charge in [-0.25, -0.2) is 4.79 Å². The van der Waals surface area contributed by atoms with Gasteiger partial charge in [0.15, 0.2) is 11.5 Å². The minimum atomic E-state index is -0.129. The molecule has 0 unspecified atom stereocenters. The van der Waals surface area contributed by atoms with Crippen LogP contribution in [-0.4, -0.2) is 50.8 Å². The van der Waals surface area contributed by atoms with E-state index in [1.54, 1.807) is 31.3 Å². The summed E-state index contributed by atoms with van der Waals surface area (Å²) in [6.45, 7) is 4.86. The molecular weight excluding hydrogens is 506 g/mol. The van der Waals surface area contributed by atoms with Crippen molar-refractivity contribution in [3.05, 3.63) is 83.4 Å². The fourth-order valence-corrected chi connectivity index (χ4v) is 4.76. The van der Waals surface area contributed by atoms with Gasteiger partial charge >= 0.3 is 6.03 Å². The summed E-state index contributed by atoms with van der Waals surface area (Å²) in [6.07, 6.45) is 4.04. The van der Waals surface area contributed by atoms with E-state index in [4.69, 9.17) is 14.2 Å². The third-order valence-corrected chi connectivity index (χ3v) is 6.98. The van der Waals surface area contributed by atoms with Crippen LogP contribution in [0, 0.1) is 0 Å². The Hall–Kier alpha value is -4.20. The third-order valence-electron chi connectivity index (χ3n) is 6.98. The van der Waals surface area contributed by atoms with Crippen molar-refractivity contribution in [1.82, 2.24) is 10.2 Å². The van der Waals surface area contributed by atoms with Crippen LogP contribution in [-0.2, 0) is 13.1 Å². The van der Waals surface area contributed by atoms with Gasteiger partial charge in [-0.2, -0.15) is 0 Å². The zero-order valence-electron chi connectivity index (χ0n) is 23.7. The molecule has 4 rings (SSSR count). The monoisotopic (exact) mass is 545 g/mol. The Kier molecular flexibility index (Phi) is 10.3. The normalized spacial score (nSPS) is 13.2. The Labute approximate surface area is 236 Å². The largest absolute Gasteiger partial charge is 0.496 e. The number of anilines is 1. The first-order valence-electron chi connectivity index (χ1n) is 13.9. The van der Waals surface area contributed by atoms with Gasteiger partial charge in [0.1, 0.15) is 5.75 Å². The van der Waals surface area contributed by atoms with E-state index in [1.165, 1.54) is 0 Å². The van der Waals surface area contributed by atoms with Crippen molar-refractivity contribution in [3.63, 3.8) is 0 Å². The summed E-state index contributed by atoms with van der Waals surface area (Å²) in [6, 6.07) is 20.6. The number of rotatable bonds is 13. The van der Waals surface area contributed by atoms with E-state index in [-0.39, 0.29) is 11.9 Å². The number of nitrogens with one attached hydrogen (secondary N) is 1. The maximum Gasteiger partial charge on any atom is 0.324 e. The predicted molar refractivity (Wildman–Crippen MR) is 156 cm³/mol. The summed E-state index contributed by atoms with van der Waals surface area (Å²) in [5, 5.41) is 2.95. The minimum Gasteiger partial charge on any atom is -0.496 e. The van der Waals surface area contributed by atoms with Gasteiger partial charge in [0.2, 0.25) is 0 Å². The maximum absolute atomic E-state index is 13.6. The van der Waals surface area contributed by atoms with Gasteiger partial charge < -0.3 is 24.4 Å². The van der Waals surface area contributed by atoms with Gasteiger partial charge in [-0.1, -0.05) is 50.1 Å². The van der Waals surface area contributed by atoms with E-state index in [0.29, 0.717) is 55.6 Å². The number of benzene rings is 3. The summed E-state index contributed by atoms with van der Waals surface area (Å²) in [4.78, 5) is 29.6. The first-order valence-corrected chi connectivity index (χ1v) is 13.9. The highest BCUT2D eigenvalue weighted by Gasteiger charge is 2.28. The van der Waals surface area contributed by atoms with E-state index < -0.39 is 0 Å². The molecule has 3 aromatic carbocycles. The number of hydrogen-bond acceptors (Lipinski definition) is 5. The van der Waals surface area contributed by atoms with Crippen molar-refractivity contribution in [2.75, 3.05) is 38.8 Å². The zero-order chi connectivity index (χ0) is 28.3. The Morgan fingerprint density at radius 1 is 0.900 bits per heavy atom. The van der Waals surface area contributed by atoms with Crippen molar-refractivity contribution in [1.29, 1.82) is 0 Å². The highest BCUT2D eigenvalue weighted by Crippen LogP contribution is 2.34. The molecule has 1 fully saturated rings. The molecule has 3 aromatic rings. The predicted octanol–water partition coefficient (Wildman–Crippen LogP) is 6.04. The molecule has 0 bridgehead atoms. The molecule has 0 saturated carbocycles. The lowest BCUT2D eigenvalue weighted by Crippen LogP contribution is -2.49. The SMILES string of the molecule is CCCCCOc1cc(N2CCCN(Cc3ccc(CNC(=O)c4ccccc4)cc3OC)C2=O)ccc1OC. The lowest BCUT2D eigenvalue weighted by molar-refractivity contribution is 0.0950. The fourth-order valence-electron chi connectivity index (χ4n) is 4.76. The molecular formula is C32H39N3O5. The fraction of sp³-hybridized carbons (Fsp3) is 0.375. The van der Waals surface area contributed by atoms with Crippen LogP contribution in [0.1, 0.15) is 54.1 Å². The Morgan fingerprint density at radius 2 is 1.70 bits per heavy atom. The molecule has 0 aliphatic carbocycles. The standard InChI is InChI=1S/C32H39N3O5/c1-4-5-9-19-40-30-21-27(15-16-28(30)38-2)35-18-10-17-34(32(35)37)23-26-14-13-24(20-29(26)39-3)22-33-31(36)25-11-7-6-8-12-25/h6-8,11-16,20-21H,4-5,9-10,17-19,22-23H2,1-3H3,(H,33,36). The first kappa shape index (κ1) is 28.8. The van der Waals surface area contributed by atoms with Crippen molar-refractivity contribution >= 4 is 17.6 Å². The van der Waals surface area contributed by atoms with Gasteiger partial charge in [-0.05, 0) is 48.7 Å². The number of unbranched alkanes of at least 4 members (excludes halogenated alkanes) is 2. The van der Waals surface area contributed by atoms with E-state index in [2.05, 4.69) is 12.2 Å². The molecule has 212 valence electrons. The Bertz CT molecular complexity index is 1280. The Morgan fingerprint density at radius 3 is 2.45 bits per heavy atom. The molecule has 8 heteroatoms. The Balaban J connectivity index is 1.42. The third kappa shape index (κ3) is 7.25. The number of nitrogens with zero attached hydrogens (tertiary/aromatic N) is 2. The van der Waals surface area contributed by atoms with E-state index in [1.807, 2.05) is 59.5 Å². The van der Waals surface area contributed by atoms with Crippen molar-refractivity contribution in [2.45, 2.75) is 45.7 Å². The summed E-state index contributed by atoms with van der Waals surface area (Å²) in [5.74, 6) is 1.86. The number of methoxy groups -OCH3 is 2. The molecule has 0 aromatic heterocycles. The summed E-state index contributed by atoms with van der Waals surface area (Å²) in [5.41, 5.74) is 3.23. The van der Waals surface area contributed by atoms with Gasteiger partial charge in [0, 0.05) is 42.5 Å². The summed E-state index contributed by atoms with van der Waals surface area (Å²) >= 11 is 0. The highest BCUT2D eigenvalue weighted by molar-refractivity contribution is 5.94. The number of hydrogen-bond donors (Lipinski definition) is 1. The lowest BCUT2D eigenvalue weighted by atomic mass is 10.1. The van der Waals surface area contributed by atoms with Gasteiger partial charge in [-0.15, -0.1) is 0 Å². The van der Waals surface area contributed by atoms with Crippen LogP contribution in [0.2, 0.25) is 0 Å². The molecule has 1 aliphatic heterocycles. The number of amides is 3. The van der Waals surface area contributed by atoms with Gasteiger partial charge in [-0.3, -0.25) is 9.69 Å². The van der Waals surface area contributed by atoms with Crippen molar-refractivity contribution in [2.24, 2.45) is 0 Å². The van der Waals surface area contributed by atoms with Crippen LogP contribution in [0.25, 0.3) is 0 Å². The minimum absolute atomic E-state index is 0.0606. The molecule has 1 saturated heterocycles. The molecule has 0 radical (unpaired) electrons. The number of ether oxygens (including phenoxy) is 3. The molecule has 40 heavy (non-hydrogen) atoms. The van der Waals surface area contributed by atoms with Crippen LogP contribution in [0.15, 0.2) is 66.7 Å². The van der Waals surface area contributed by atoms with Crippen LogP contribution >= 0.6 is 0 Å². The van der Waals surface area contributed by atoms with Crippen LogP contribution < -0.4 is 24.4 Å². The van der Waals surface area contributed by atoms with E-state index in [0.717, 1.165) is 42.5 Å². The quantitative estimate of drug-likeness (QED) is 0.265. The molecule has 0 atom stereocenters. The maximum atomic E-state index is 13.6. The summed E-state index contributed by atoms with van der Waals surface area (Å²) < 4.78 is 17.2. The molecule has 1 N–H and O–H groups in total. The van der Waals surface area contributed by atoms with E-state index in [9.17, 15) is 9.59 Å². The van der Waals surface area contributed by atoms with Crippen LogP contribution in [0.3, 0.4) is 0 Å². The highest BCUT2D eigenvalue weighted by atomic mass is 16.5. The van der Waals surface area contributed by atoms with Crippen LogP contribution in [0.4, 0.5) is 10.5 Å². The molecule has 3 amide bonds. The molecule has 1 aliphatic rings. The smallest absolute Gasteiger partial charge is 0.324 e. The second-order valence-corrected chi connectivity index (χ2v) is 9.79. The molecule has 1 heterocycles. The van der Waals surface area contributed by atoms with Crippen molar-refractivity contribution in [3.8, 4) is 17.2 Å². The van der Waals surface area contributed by atoms with Gasteiger partial charge in [0.25, 0.3) is 5.91 Å². The second-order valence-electron chi connectivity index (χ2n) is 9.79. The average Bonchev–Trinajstić information content (AvgIpc) is 3.00. The van der Waals surface area contributed by atoms with Crippen molar-refractivity contribution < 1.29 is 23.8 Å². The molecule has 0 spiro atoms. The number of carbonyl (C=O) groups excluding carboxylic acids is 2. The molecule has 8 nitrogen and oxygen atoms in total. The topological polar surface area (TPSA) is 80.3 Å². The van der Waals surface area contributed by atoms with E-state index >= 15 is 0 Å². The summed E-state index contributed by atoms with van der Waals surface area (Å²) in [7, 11) is 3.24. The number of urea groups is 1. The van der Waals surface area contributed by atoms with Crippen LogP contribution in [0.5, 0.6) is 17.2 Å².